The van der Waals surface area contributed by atoms with Crippen molar-refractivity contribution in [2.75, 3.05) is 14.1 Å². The molecule has 0 aliphatic rings. The highest BCUT2D eigenvalue weighted by molar-refractivity contribution is 6.11. The SMILES string of the molecule is CCCc1cc2[nH]c(C(=O)N(C)C)cc2c2ccccc12. The number of nitrogens with one attached hydrogen (secondary N) is 1. The molecule has 21 heavy (non-hydrogen) atoms. The summed E-state index contributed by atoms with van der Waals surface area (Å²) in [5.74, 6) is 0.00678. The van der Waals surface area contributed by atoms with E-state index in [9.17, 15) is 4.79 Å². The first kappa shape index (κ1) is 13.7. The van der Waals surface area contributed by atoms with E-state index in [0.29, 0.717) is 5.69 Å². The fourth-order valence-corrected chi connectivity index (χ4v) is 2.89. The predicted molar refractivity (Wildman–Crippen MR) is 87.8 cm³/mol. The summed E-state index contributed by atoms with van der Waals surface area (Å²) in [5.41, 5.74) is 3.03. The topological polar surface area (TPSA) is 36.1 Å². The molecular formula is C18H20N2O. The third-order valence-electron chi connectivity index (χ3n) is 3.89. The van der Waals surface area contributed by atoms with Gasteiger partial charge >= 0.3 is 0 Å². The number of carbonyl (C=O) groups excluding carboxylic acids is 1. The monoisotopic (exact) mass is 280 g/mol. The highest BCUT2D eigenvalue weighted by Gasteiger charge is 2.14. The van der Waals surface area contributed by atoms with Gasteiger partial charge in [-0.25, -0.2) is 0 Å². The van der Waals surface area contributed by atoms with Gasteiger partial charge in [-0.2, -0.15) is 0 Å². The van der Waals surface area contributed by atoms with Gasteiger partial charge in [0.1, 0.15) is 5.69 Å². The number of carbonyl (C=O) groups is 1. The molecule has 3 nitrogen and oxygen atoms in total. The van der Waals surface area contributed by atoms with Gasteiger partial charge in [-0.1, -0.05) is 37.6 Å². The summed E-state index contributed by atoms with van der Waals surface area (Å²) in [6.45, 7) is 2.19. The molecule has 3 rings (SSSR count). The van der Waals surface area contributed by atoms with E-state index in [4.69, 9.17) is 0 Å². The number of rotatable bonds is 3. The van der Waals surface area contributed by atoms with Crippen LogP contribution in [0, 0.1) is 0 Å². The fourth-order valence-electron chi connectivity index (χ4n) is 2.89. The molecule has 0 bridgehead atoms. The molecule has 1 aromatic heterocycles. The summed E-state index contributed by atoms with van der Waals surface area (Å²) in [5, 5.41) is 3.62. The van der Waals surface area contributed by atoms with Crippen molar-refractivity contribution in [2.24, 2.45) is 0 Å². The molecule has 0 unspecified atom stereocenters. The smallest absolute Gasteiger partial charge is 0.269 e. The first-order chi connectivity index (χ1) is 10.1. The summed E-state index contributed by atoms with van der Waals surface area (Å²) in [4.78, 5) is 17.0. The van der Waals surface area contributed by atoms with Crippen LogP contribution < -0.4 is 0 Å². The third kappa shape index (κ3) is 2.29. The van der Waals surface area contributed by atoms with Gasteiger partial charge in [-0.3, -0.25) is 4.79 Å². The van der Waals surface area contributed by atoms with Gasteiger partial charge in [0.2, 0.25) is 0 Å². The fraction of sp³-hybridized carbons (Fsp3) is 0.278. The lowest BCUT2D eigenvalue weighted by atomic mass is 9.98. The van der Waals surface area contributed by atoms with Crippen LogP contribution in [0.2, 0.25) is 0 Å². The minimum atomic E-state index is 0.00678. The van der Waals surface area contributed by atoms with E-state index in [1.807, 2.05) is 6.07 Å². The van der Waals surface area contributed by atoms with E-state index in [0.717, 1.165) is 23.7 Å². The Labute approximate surface area is 124 Å². The number of aromatic nitrogens is 1. The molecular weight excluding hydrogens is 260 g/mol. The van der Waals surface area contributed by atoms with Gasteiger partial charge in [0, 0.05) is 25.0 Å². The Bertz CT molecular complexity index is 815. The highest BCUT2D eigenvalue weighted by atomic mass is 16.2. The molecule has 0 aliphatic heterocycles. The van der Waals surface area contributed by atoms with Crippen LogP contribution >= 0.6 is 0 Å². The van der Waals surface area contributed by atoms with Crippen LogP contribution in [0.3, 0.4) is 0 Å². The summed E-state index contributed by atoms with van der Waals surface area (Å²) in [7, 11) is 3.54. The minimum Gasteiger partial charge on any atom is -0.350 e. The zero-order valence-corrected chi connectivity index (χ0v) is 12.7. The zero-order valence-electron chi connectivity index (χ0n) is 12.7. The number of fused-ring (bicyclic) bond motifs is 3. The average molecular weight is 280 g/mol. The lowest BCUT2D eigenvalue weighted by molar-refractivity contribution is 0.0823. The minimum absolute atomic E-state index is 0.00678. The first-order valence-corrected chi connectivity index (χ1v) is 7.36. The molecule has 0 aliphatic carbocycles. The van der Waals surface area contributed by atoms with E-state index < -0.39 is 0 Å². The molecule has 0 atom stereocenters. The number of hydrogen-bond donors (Lipinski definition) is 1. The molecule has 3 heteroatoms. The van der Waals surface area contributed by atoms with Crippen molar-refractivity contribution in [3.8, 4) is 0 Å². The second-order valence-electron chi connectivity index (χ2n) is 5.68. The molecule has 0 fully saturated rings. The van der Waals surface area contributed by atoms with E-state index in [2.05, 4.69) is 42.2 Å². The van der Waals surface area contributed by atoms with Gasteiger partial charge in [0.15, 0.2) is 0 Å². The van der Waals surface area contributed by atoms with Crippen molar-refractivity contribution < 1.29 is 4.79 Å². The van der Waals surface area contributed by atoms with E-state index in [1.165, 1.54) is 16.3 Å². The van der Waals surface area contributed by atoms with Gasteiger partial charge in [-0.15, -0.1) is 0 Å². The van der Waals surface area contributed by atoms with Crippen LogP contribution in [-0.2, 0) is 6.42 Å². The van der Waals surface area contributed by atoms with Crippen molar-refractivity contribution in [3.63, 3.8) is 0 Å². The summed E-state index contributed by atoms with van der Waals surface area (Å²) >= 11 is 0. The Balaban J connectivity index is 2.29. The van der Waals surface area contributed by atoms with Gasteiger partial charge < -0.3 is 9.88 Å². The van der Waals surface area contributed by atoms with Gasteiger partial charge in [0.25, 0.3) is 5.91 Å². The largest absolute Gasteiger partial charge is 0.350 e. The Morgan fingerprint density at radius 3 is 2.48 bits per heavy atom. The standard InChI is InChI=1S/C18H20N2O/c1-4-7-12-10-16-15(14-9-6-5-8-13(12)14)11-17(19-16)18(21)20(2)3/h5-6,8-11,19H,4,7H2,1-3H3. The molecule has 0 radical (unpaired) electrons. The molecule has 108 valence electrons. The molecule has 0 saturated heterocycles. The van der Waals surface area contributed by atoms with Crippen molar-refractivity contribution in [1.29, 1.82) is 0 Å². The van der Waals surface area contributed by atoms with Crippen molar-refractivity contribution in [2.45, 2.75) is 19.8 Å². The number of H-pyrrole nitrogens is 1. The molecule has 3 aromatic rings. The highest BCUT2D eigenvalue weighted by Crippen LogP contribution is 2.30. The second kappa shape index (κ2) is 5.24. The van der Waals surface area contributed by atoms with E-state index in [-0.39, 0.29) is 5.91 Å². The summed E-state index contributed by atoms with van der Waals surface area (Å²) in [6.07, 6.45) is 2.16. The Hall–Kier alpha value is -2.29. The molecule has 0 spiro atoms. The lowest BCUT2D eigenvalue weighted by Crippen LogP contribution is -2.21. The van der Waals surface area contributed by atoms with Crippen molar-refractivity contribution >= 4 is 27.6 Å². The van der Waals surface area contributed by atoms with Crippen LogP contribution in [0.15, 0.2) is 36.4 Å². The number of aryl methyl sites for hydroxylation is 1. The average Bonchev–Trinajstić information content (AvgIpc) is 2.91. The quantitative estimate of drug-likeness (QED) is 0.774. The maximum atomic E-state index is 12.2. The van der Waals surface area contributed by atoms with E-state index >= 15 is 0 Å². The number of aromatic amines is 1. The summed E-state index contributed by atoms with van der Waals surface area (Å²) in [6, 6.07) is 12.6. The Morgan fingerprint density at radius 1 is 1.10 bits per heavy atom. The molecule has 1 amide bonds. The van der Waals surface area contributed by atoms with Crippen LogP contribution in [0.25, 0.3) is 21.7 Å². The molecule has 0 saturated carbocycles. The lowest BCUT2D eigenvalue weighted by Gasteiger charge is -2.07. The van der Waals surface area contributed by atoms with Crippen LogP contribution in [0.1, 0.15) is 29.4 Å². The molecule has 1 N–H and O–H groups in total. The van der Waals surface area contributed by atoms with Gasteiger partial charge in [-0.05, 0) is 34.9 Å². The first-order valence-electron chi connectivity index (χ1n) is 7.36. The zero-order chi connectivity index (χ0) is 15.0. The maximum Gasteiger partial charge on any atom is 0.269 e. The molecule has 2 aromatic carbocycles. The van der Waals surface area contributed by atoms with Crippen LogP contribution in [0.4, 0.5) is 0 Å². The number of amides is 1. The second-order valence-corrected chi connectivity index (χ2v) is 5.68. The predicted octanol–water partition coefficient (Wildman–Crippen LogP) is 3.98. The number of nitrogens with zero attached hydrogens (tertiary/aromatic N) is 1. The van der Waals surface area contributed by atoms with Crippen molar-refractivity contribution in [1.82, 2.24) is 9.88 Å². The molecule has 1 heterocycles. The Morgan fingerprint density at radius 2 is 1.81 bits per heavy atom. The summed E-state index contributed by atoms with van der Waals surface area (Å²) < 4.78 is 0. The van der Waals surface area contributed by atoms with Gasteiger partial charge in [0.05, 0.1) is 0 Å². The number of hydrogen-bond acceptors (Lipinski definition) is 1. The maximum absolute atomic E-state index is 12.2. The van der Waals surface area contributed by atoms with E-state index in [1.54, 1.807) is 19.0 Å². The van der Waals surface area contributed by atoms with Crippen molar-refractivity contribution in [3.05, 3.63) is 47.7 Å². The van der Waals surface area contributed by atoms with Crippen LogP contribution in [0.5, 0.6) is 0 Å². The third-order valence-corrected chi connectivity index (χ3v) is 3.89. The Kier molecular flexibility index (Phi) is 3.42. The number of benzene rings is 2. The van der Waals surface area contributed by atoms with Crippen LogP contribution in [-0.4, -0.2) is 29.9 Å². The normalized spacial score (nSPS) is 11.2.